The van der Waals surface area contributed by atoms with Gasteiger partial charge < -0.3 is 0 Å². The smallest absolute Gasteiger partial charge is 0.131 e. The molecule has 23 heavy (non-hydrogen) atoms. The Bertz CT molecular complexity index is 660. The third-order valence-corrected chi connectivity index (χ3v) is 4.77. The molecule has 2 aromatic rings. The van der Waals surface area contributed by atoms with Crippen molar-refractivity contribution in [2.75, 3.05) is 0 Å². The highest BCUT2D eigenvalue weighted by Crippen LogP contribution is 2.34. The number of aryl methyl sites for hydroxylation is 1. The monoisotopic (exact) mass is 305 g/mol. The predicted molar refractivity (Wildman–Crippen MR) is 91.8 cm³/mol. The second kappa shape index (κ2) is 7.37. The quantitative estimate of drug-likeness (QED) is 0.807. The average molecular weight is 305 g/mol. The van der Waals surface area contributed by atoms with Crippen molar-refractivity contribution in [1.82, 2.24) is 9.97 Å². The fraction of sp³-hybridized carbons (Fsp3) is 0.450. The predicted octanol–water partition coefficient (Wildman–Crippen LogP) is 4.89. The van der Waals surface area contributed by atoms with E-state index in [0.717, 1.165) is 43.5 Å². The van der Waals surface area contributed by atoms with Gasteiger partial charge in [-0.15, -0.1) is 0 Å². The highest BCUT2D eigenvalue weighted by atomic mass is 14.9. The molecule has 1 fully saturated rings. The third-order valence-electron chi connectivity index (χ3n) is 4.77. The summed E-state index contributed by atoms with van der Waals surface area (Å²) < 4.78 is 0. The van der Waals surface area contributed by atoms with Crippen LogP contribution in [0.2, 0.25) is 0 Å². The molecule has 3 heteroatoms. The van der Waals surface area contributed by atoms with Gasteiger partial charge in [0.25, 0.3) is 0 Å². The number of hydrogen-bond acceptors (Lipinski definition) is 3. The number of nitrogens with zero attached hydrogens (tertiary/aromatic N) is 3. The standard InChI is InChI=1S/C20H23N3/c1-2-3-15-4-8-17(9-5-15)19-13-22-20(23-14-19)18-10-6-16(12-21)7-11-18/h4-5,8-9,13-14,16,18H,2-3,6-7,10-11H2,1H3. The molecule has 0 saturated heterocycles. The maximum atomic E-state index is 8.98. The van der Waals surface area contributed by atoms with E-state index in [1.807, 2.05) is 12.4 Å². The van der Waals surface area contributed by atoms with Crippen molar-refractivity contribution in [2.45, 2.75) is 51.4 Å². The van der Waals surface area contributed by atoms with Crippen LogP contribution in [0.4, 0.5) is 0 Å². The van der Waals surface area contributed by atoms with E-state index in [1.54, 1.807) is 0 Å². The number of rotatable bonds is 4. The lowest BCUT2D eigenvalue weighted by molar-refractivity contribution is 0.372. The Morgan fingerprint density at radius 2 is 1.65 bits per heavy atom. The topological polar surface area (TPSA) is 49.6 Å². The van der Waals surface area contributed by atoms with Crippen molar-refractivity contribution in [3.63, 3.8) is 0 Å². The third kappa shape index (κ3) is 3.76. The Labute approximate surface area is 138 Å². The Morgan fingerprint density at radius 1 is 1.00 bits per heavy atom. The van der Waals surface area contributed by atoms with Crippen LogP contribution in [0.15, 0.2) is 36.7 Å². The van der Waals surface area contributed by atoms with Crippen LogP contribution >= 0.6 is 0 Å². The summed E-state index contributed by atoms with van der Waals surface area (Å²) in [4.78, 5) is 9.19. The molecule has 1 heterocycles. The molecule has 0 amide bonds. The SMILES string of the molecule is CCCc1ccc(-c2cnc(C3CCC(C#N)CC3)nc2)cc1. The van der Waals surface area contributed by atoms with E-state index >= 15 is 0 Å². The lowest BCUT2D eigenvalue weighted by Crippen LogP contribution is -2.14. The first-order valence-electron chi connectivity index (χ1n) is 8.61. The molecule has 1 aromatic carbocycles. The van der Waals surface area contributed by atoms with Gasteiger partial charge in [-0.3, -0.25) is 0 Å². The average Bonchev–Trinajstić information content (AvgIpc) is 2.63. The van der Waals surface area contributed by atoms with Gasteiger partial charge in [0.15, 0.2) is 0 Å². The van der Waals surface area contributed by atoms with Gasteiger partial charge in [-0.2, -0.15) is 5.26 Å². The van der Waals surface area contributed by atoms with Crippen LogP contribution in [-0.2, 0) is 6.42 Å². The molecule has 1 aliphatic carbocycles. The van der Waals surface area contributed by atoms with E-state index in [4.69, 9.17) is 5.26 Å². The van der Waals surface area contributed by atoms with Gasteiger partial charge in [-0.25, -0.2) is 9.97 Å². The summed E-state index contributed by atoms with van der Waals surface area (Å²) in [6.45, 7) is 2.20. The van der Waals surface area contributed by atoms with Crippen LogP contribution in [0.5, 0.6) is 0 Å². The second-order valence-electron chi connectivity index (χ2n) is 6.45. The minimum Gasteiger partial charge on any atom is -0.240 e. The molecular formula is C20H23N3. The van der Waals surface area contributed by atoms with Crippen LogP contribution in [0.25, 0.3) is 11.1 Å². The number of nitriles is 1. The summed E-state index contributed by atoms with van der Waals surface area (Å²) in [6.07, 6.45) is 10.2. The lowest BCUT2D eigenvalue weighted by atomic mass is 9.82. The van der Waals surface area contributed by atoms with E-state index in [9.17, 15) is 0 Å². The van der Waals surface area contributed by atoms with Crippen LogP contribution in [0.3, 0.4) is 0 Å². The Hall–Kier alpha value is -2.21. The fourth-order valence-electron chi connectivity index (χ4n) is 3.33. The summed E-state index contributed by atoms with van der Waals surface area (Å²) in [5.74, 6) is 1.58. The van der Waals surface area contributed by atoms with Crippen molar-refractivity contribution >= 4 is 0 Å². The maximum Gasteiger partial charge on any atom is 0.131 e. The van der Waals surface area contributed by atoms with E-state index < -0.39 is 0 Å². The molecule has 0 atom stereocenters. The second-order valence-corrected chi connectivity index (χ2v) is 6.45. The number of aromatic nitrogens is 2. The van der Waals surface area contributed by atoms with Gasteiger partial charge >= 0.3 is 0 Å². The van der Waals surface area contributed by atoms with Gasteiger partial charge in [-0.05, 0) is 43.2 Å². The molecule has 1 saturated carbocycles. The normalized spacial score (nSPS) is 20.9. The lowest BCUT2D eigenvalue weighted by Gasteiger charge is -2.23. The summed E-state index contributed by atoms with van der Waals surface area (Å²) in [5, 5.41) is 8.98. The highest BCUT2D eigenvalue weighted by Gasteiger charge is 2.23. The molecule has 1 aromatic heterocycles. The van der Waals surface area contributed by atoms with E-state index in [-0.39, 0.29) is 5.92 Å². The molecule has 118 valence electrons. The largest absolute Gasteiger partial charge is 0.240 e. The summed E-state index contributed by atoms with van der Waals surface area (Å²) in [6, 6.07) is 11.1. The first kappa shape index (κ1) is 15.7. The molecule has 1 aliphatic rings. The van der Waals surface area contributed by atoms with Crippen molar-refractivity contribution < 1.29 is 0 Å². The van der Waals surface area contributed by atoms with Crippen LogP contribution in [0, 0.1) is 17.2 Å². The van der Waals surface area contributed by atoms with Gasteiger partial charge in [0.1, 0.15) is 5.82 Å². The molecule has 0 spiro atoms. The zero-order valence-corrected chi connectivity index (χ0v) is 13.7. The van der Waals surface area contributed by atoms with Crippen LogP contribution in [-0.4, -0.2) is 9.97 Å². The summed E-state index contributed by atoms with van der Waals surface area (Å²) in [7, 11) is 0. The molecular weight excluding hydrogens is 282 g/mol. The Balaban J connectivity index is 1.68. The molecule has 0 unspecified atom stereocenters. The minimum atomic E-state index is 0.229. The first-order valence-corrected chi connectivity index (χ1v) is 8.61. The molecule has 0 radical (unpaired) electrons. The van der Waals surface area contributed by atoms with Crippen LogP contribution in [0.1, 0.15) is 56.3 Å². The van der Waals surface area contributed by atoms with E-state index in [1.165, 1.54) is 17.5 Å². The van der Waals surface area contributed by atoms with Gasteiger partial charge in [0.2, 0.25) is 0 Å². The maximum absolute atomic E-state index is 8.98. The number of hydrogen-bond donors (Lipinski definition) is 0. The van der Waals surface area contributed by atoms with Crippen molar-refractivity contribution in [3.8, 4) is 17.2 Å². The highest BCUT2D eigenvalue weighted by molar-refractivity contribution is 5.61. The molecule has 0 aliphatic heterocycles. The van der Waals surface area contributed by atoms with Crippen molar-refractivity contribution in [2.24, 2.45) is 5.92 Å². The van der Waals surface area contributed by atoms with E-state index in [2.05, 4.69) is 47.2 Å². The first-order chi connectivity index (χ1) is 11.3. The zero-order valence-electron chi connectivity index (χ0n) is 13.7. The summed E-state index contributed by atoms with van der Waals surface area (Å²) in [5.41, 5.74) is 3.62. The molecule has 3 rings (SSSR count). The Morgan fingerprint density at radius 3 is 2.22 bits per heavy atom. The molecule has 3 nitrogen and oxygen atoms in total. The van der Waals surface area contributed by atoms with Crippen molar-refractivity contribution in [3.05, 3.63) is 48.0 Å². The minimum absolute atomic E-state index is 0.229. The zero-order chi connectivity index (χ0) is 16.1. The Kier molecular flexibility index (Phi) is 5.02. The van der Waals surface area contributed by atoms with Crippen molar-refractivity contribution in [1.29, 1.82) is 5.26 Å². The van der Waals surface area contributed by atoms with Gasteiger partial charge in [0.05, 0.1) is 6.07 Å². The fourth-order valence-corrected chi connectivity index (χ4v) is 3.33. The number of benzene rings is 1. The van der Waals surface area contributed by atoms with Gasteiger partial charge in [-0.1, -0.05) is 37.6 Å². The molecule has 0 bridgehead atoms. The van der Waals surface area contributed by atoms with Crippen LogP contribution < -0.4 is 0 Å². The summed E-state index contributed by atoms with van der Waals surface area (Å²) >= 11 is 0. The van der Waals surface area contributed by atoms with Gasteiger partial charge in [0, 0.05) is 29.8 Å². The van der Waals surface area contributed by atoms with E-state index in [0.29, 0.717) is 5.92 Å². The molecule has 0 N–H and O–H groups in total.